The molecule has 0 bridgehead atoms. The van der Waals surface area contributed by atoms with Crippen LogP contribution in [0.25, 0.3) is 10.2 Å². The Morgan fingerprint density at radius 2 is 2.25 bits per heavy atom. The second kappa shape index (κ2) is 3.67. The van der Waals surface area contributed by atoms with E-state index >= 15 is 0 Å². The molecule has 4 nitrogen and oxygen atoms in total. The van der Waals surface area contributed by atoms with Gasteiger partial charge in [0.15, 0.2) is 0 Å². The molecule has 0 saturated carbocycles. The molecule has 2 aromatic heterocycles. The van der Waals surface area contributed by atoms with E-state index in [1.807, 2.05) is 0 Å². The number of carboxylic acids is 1. The number of aromatic nitrogens is 1. The summed E-state index contributed by atoms with van der Waals surface area (Å²) in [5.74, 6) is -1.18. The largest absolute Gasteiger partial charge is 0.477 e. The van der Waals surface area contributed by atoms with Crippen LogP contribution in [0, 0.1) is 0 Å². The van der Waals surface area contributed by atoms with Gasteiger partial charge in [0.1, 0.15) is 9.71 Å². The maximum atomic E-state index is 12.4. The summed E-state index contributed by atoms with van der Waals surface area (Å²) in [5.41, 5.74) is 5.27. The molecule has 2 rings (SSSR count). The highest BCUT2D eigenvalue weighted by molar-refractivity contribution is 7.21. The van der Waals surface area contributed by atoms with Crippen LogP contribution < -0.4 is 5.73 Å². The molecular formula is C9H6F2N2O2S. The Hall–Kier alpha value is -1.76. The minimum absolute atomic E-state index is 0.0116. The fourth-order valence-electron chi connectivity index (χ4n) is 1.29. The van der Waals surface area contributed by atoms with Crippen LogP contribution in [0.5, 0.6) is 0 Å². The molecule has 7 heteroatoms. The van der Waals surface area contributed by atoms with Crippen molar-refractivity contribution in [1.82, 2.24) is 4.98 Å². The Morgan fingerprint density at radius 1 is 1.56 bits per heavy atom. The molecule has 0 amide bonds. The maximum Gasteiger partial charge on any atom is 0.348 e. The van der Waals surface area contributed by atoms with Crippen molar-refractivity contribution >= 4 is 33.2 Å². The Morgan fingerprint density at radius 3 is 2.81 bits per heavy atom. The lowest BCUT2D eigenvalue weighted by atomic mass is 10.2. The smallest absolute Gasteiger partial charge is 0.348 e. The quantitative estimate of drug-likeness (QED) is 0.851. The summed E-state index contributed by atoms with van der Waals surface area (Å²) in [7, 11) is 0. The third-order valence-electron chi connectivity index (χ3n) is 2.05. The molecule has 0 aliphatic carbocycles. The molecule has 84 valence electrons. The van der Waals surface area contributed by atoms with E-state index < -0.39 is 12.4 Å². The van der Waals surface area contributed by atoms with E-state index in [0.29, 0.717) is 4.83 Å². The van der Waals surface area contributed by atoms with E-state index in [1.54, 1.807) is 0 Å². The molecule has 0 aromatic carbocycles. The monoisotopic (exact) mass is 244 g/mol. The SMILES string of the molecule is Nc1c(C(=O)O)sc2ncc(C(F)F)cc12. The van der Waals surface area contributed by atoms with Crippen LogP contribution >= 0.6 is 11.3 Å². The summed E-state index contributed by atoms with van der Waals surface area (Å²) in [6.07, 6.45) is -1.63. The predicted octanol–water partition coefficient (Wildman–Crippen LogP) is 2.51. The first-order valence-corrected chi connectivity index (χ1v) is 5.01. The minimum atomic E-state index is -2.65. The second-order valence-electron chi connectivity index (χ2n) is 3.07. The van der Waals surface area contributed by atoms with Crippen molar-refractivity contribution in [2.75, 3.05) is 5.73 Å². The molecule has 0 atom stereocenters. The summed E-state index contributed by atoms with van der Waals surface area (Å²) in [6, 6.07) is 1.17. The summed E-state index contributed by atoms with van der Waals surface area (Å²) >= 11 is 0.872. The zero-order chi connectivity index (χ0) is 11.9. The van der Waals surface area contributed by atoms with Crippen LogP contribution in [0.3, 0.4) is 0 Å². The number of pyridine rings is 1. The Labute approximate surface area is 92.3 Å². The van der Waals surface area contributed by atoms with Gasteiger partial charge in [0.05, 0.1) is 5.69 Å². The summed E-state index contributed by atoms with van der Waals surface area (Å²) < 4.78 is 24.8. The Balaban J connectivity index is 2.69. The van der Waals surface area contributed by atoms with Gasteiger partial charge in [0.25, 0.3) is 6.43 Å². The fourth-order valence-corrected chi connectivity index (χ4v) is 2.18. The van der Waals surface area contributed by atoms with Crippen LogP contribution in [0.4, 0.5) is 14.5 Å². The van der Waals surface area contributed by atoms with Crippen LogP contribution in [0.15, 0.2) is 12.3 Å². The van der Waals surface area contributed by atoms with Crippen LogP contribution in [0.1, 0.15) is 21.7 Å². The second-order valence-corrected chi connectivity index (χ2v) is 4.07. The number of anilines is 1. The number of rotatable bonds is 2. The van der Waals surface area contributed by atoms with Gasteiger partial charge < -0.3 is 10.8 Å². The van der Waals surface area contributed by atoms with E-state index in [1.165, 1.54) is 6.07 Å². The highest BCUT2D eigenvalue weighted by Crippen LogP contribution is 2.34. The fraction of sp³-hybridized carbons (Fsp3) is 0.111. The molecule has 0 fully saturated rings. The van der Waals surface area contributed by atoms with Crippen LogP contribution in [-0.4, -0.2) is 16.1 Å². The number of hydrogen-bond donors (Lipinski definition) is 2. The average Bonchev–Trinajstić information content (AvgIpc) is 2.56. The summed E-state index contributed by atoms with van der Waals surface area (Å²) in [4.78, 5) is 14.8. The number of fused-ring (bicyclic) bond motifs is 1. The molecular weight excluding hydrogens is 238 g/mol. The van der Waals surface area contributed by atoms with Gasteiger partial charge in [-0.3, -0.25) is 0 Å². The number of alkyl halides is 2. The normalized spacial score (nSPS) is 11.2. The number of thiophene rings is 1. The van der Waals surface area contributed by atoms with Gasteiger partial charge in [0, 0.05) is 17.1 Å². The van der Waals surface area contributed by atoms with Crippen molar-refractivity contribution in [3.63, 3.8) is 0 Å². The third-order valence-corrected chi connectivity index (χ3v) is 3.17. The van der Waals surface area contributed by atoms with Crippen molar-refractivity contribution in [1.29, 1.82) is 0 Å². The number of halogens is 2. The zero-order valence-electron chi connectivity index (χ0n) is 7.78. The first kappa shape index (κ1) is 10.7. The molecule has 2 heterocycles. The van der Waals surface area contributed by atoms with Crippen molar-refractivity contribution in [2.45, 2.75) is 6.43 Å². The number of carbonyl (C=O) groups is 1. The molecule has 0 aliphatic rings. The van der Waals surface area contributed by atoms with E-state index in [-0.39, 0.29) is 21.5 Å². The van der Waals surface area contributed by atoms with E-state index in [2.05, 4.69) is 4.98 Å². The average molecular weight is 244 g/mol. The molecule has 2 aromatic rings. The van der Waals surface area contributed by atoms with Crippen molar-refractivity contribution in [2.24, 2.45) is 0 Å². The Kier molecular flexibility index (Phi) is 2.47. The van der Waals surface area contributed by atoms with Crippen LogP contribution in [-0.2, 0) is 0 Å². The number of nitrogens with zero attached hydrogens (tertiary/aromatic N) is 1. The number of carboxylic acid groups (broad SMARTS) is 1. The van der Waals surface area contributed by atoms with E-state index in [4.69, 9.17) is 10.8 Å². The lowest BCUT2D eigenvalue weighted by molar-refractivity contribution is 0.0703. The van der Waals surface area contributed by atoms with E-state index in [0.717, 1.165) is 17.5 Å². The number of nitrogens with two attached hydrogens (primary N) is 1. The van der Waals surface area contributed by atoms with Crippen molar-refractivity contribution in [3.05, 3.63) is 22.7 Å². The molecule has 3 N–H and O–H groups in total. The van der Waals surface area contributed by atoms with Gasteiger partial charge in [0.2, 0.25) is 0 Å². The number of aromatic carboxylic acids is 1. The van der Waals surface area contributed by atoms with Gasteiger partial charge >= 0.3 is 5.97 Å². The lowest BCUT2D eigenvalue weighted by Crippen LogP contribution is -1.97. The molecule has 0 unspecified atom stereocenters. The van der Waals surface area contributed by atoms with Crippen molar-refractivity contribution < 1.29 is 18.7 Å². The molecule has 0 spiro atoms. The van der Waals surface area contributed by atoms with Crippen LogP contribution in [0.2, 0.25) is 0 Å². The predicted molar refractivity (Wildman–Crippen MR) is 55.9 cm³/mol. The zero-order valence-corrected chi connectivity index (χ0v) is 8.59. The highest BCUT2D eigenvalue weighted by atomic mass is 32.1. The first-order chi connectivity index (χ1) is 7.50. The van der Waals surface area contributed by atoms with Gasteiger partial charge in [-0.25, -0.2) is 18.6 Å². The van der Waals surface area contributed by atoms with Gasteiger partial charge in [-0.15, -0.1) is 11.3 Å². The van der Waals surface area contributed by atoms with E-state index in [9.17, 15) is 13.6 Å². The van der Waals surface area contributed by atoms with Gasteiger partial charge in [-0.05, 0) is 6.07 Å². The van der Waals surface area contributed by atoms with Crippen molar-refractivity contribution in [3.8, 4) is 0 Å². The Bertz CT molecular complexity index is 568. The highest BCUT2D eigenvalue weighted by Gasteiger charge is 2.18. The maximum absolute atomic E-state index is 12.4. The number of nitrogen functional groups attached to an aromatic ring is 1. The standard InChI is InChI=1S/C9H6F2N2O2S/c10-7(11)3-1-4-5(12)6(9(14)15)16-8(4)13-2-3/h1-2,7H,12H2,(H,14,15). The van der Waals surface area contributed by atoms with Gasteiger partial charge in [-0.2, -0.15) is 0 Å². The summed E-state index contributed by atoms with van der Waals surface area (Å²) in [6.45, 7) is 0. The summed E-state index contributed by atoms with van der Waals surface area (Å²) in [5, 5.41) is 9.06. The lowest BCUT2D eigenvalue weighted by Gasteiger charge is -1.98. The molecule has 0 aliphatic heterocycles. The molecule has 16 heavy (non-hydrogen) atoms. The third kappa shape index (κ3) is 1.58. The topological polar surface area (TPSA) is 76.2 Å². The first-order valence-electron chi connectivity index (χ1n) is 4.20. The minimum Gasteiger partial charge on any atom is -0.477 e. The number of hydrogen-bond acceptors (Lipinski definition) is 4. The van der Waals surface area contributed by atoms with Gasteiger partial charge in [-0.1, -0.05) is 0 Å². The molecule has 0 radical (unpaired) electrons. The molecule has 0 saturated heterocycles.